The summed E-state index contributed by atoms with van der Waals surface area (Å²) in [6, 6.07) is 7.45. The molecule has 0 radical (unpaired) electrons. The van der Waals surface area contributed by atoms with Gasteiger partial charge in [-0.15, -0.1) is 0 Å². The fourth-order valence-electron chi connectivity index (χ4n) is 2.04. The maximum atomic E-state index is 12.4. The van der Waals surface area contributed by atoms with Gasteiger partial charge in [0.1, 0.15) is 5.75 Å². The van der Waals surface area contributed by atoms with E-state index in [1.807, 2.05) is 38.1 Å². The van der Waals surface area contributed by atoms with Crippen molar-refractivity contribution in [3.63, 3.8) is 0 Å². The average molecular weight is 274 g/mol. The van der Waals surface area contributed by atoms with Crippen molar-refractivity contribution in [2.75, 3.05) is 13.2 Å². The number of hydrogen-bond acceptors (Lipinski definition) is 4. The Balaban J connectivity index is 2.46. The van der Waals surface area contributed by atoms with Gasteiger partial charge < -0.3 is 9.84 Å². The first-order chi connectivity index (χ1) is 9.65. The van der Waals surface area contributed by atoms with Crippen LogP contribution in [-0.4, -0.2) is 28.1 Å². The van der Waals surface area contributed by atoms with Gasteiger partial charge in [-0.3, -0.25) is 4.79 Å². The zero-order chi connectivity index (χ0) is 14.5. The van der Waals surface area contributed by atoms with Crippen LogP contribution in [0.15, 0.2) is 35.3 Å². The number of benzene rings is 1. The van der Waals surface area contributed by atoms with Gasteiger partial charge in [0.2, 0.25) is 0 Å². The Hall–Kier alpha value is -2.14. The van der Waals surface area contributed by atoms with Crippen molar-refractivity contribution in [3.05, 3.63) is 46.4 Å². The van der Waals surface area contributed by atoms with E-state index in [0.29, 0.717) is 19.8 Å². The molecule has 0 bridgehead atoms. The standard InChI is InChI=1S/C15H18N2O3/c1-3-20-9-8-17-15(19)14(13(18)10-16-17)12-7-5-4-6-11(12)2/h4-7,10,18H,3,8-9H2,1-2H3. The van der Waals surface area contributed by atoms with E-state index in [2.05, 4.69) is 5.10 Å². The first kappa shape index (κ1) is 14.3. The molecule has 0 amide bonds. The third-order valence-corrected chi connectivity index (χ3v) is 3.09. The second kappa shape index (κ2) is 6.34. The van der Waals surface area contributed by atoms with Gasteiger partial charge in [-0.05, 0) is 25.0 Å². The summed E-state index contributed by atoms with van der Waals surface area (Å²) in [5.41, 5.74) is 1.64. The summed E-state index contributed by atoms with van der Waals surface area (Å²) in [5.74, 6) is -0.100. The Morgan fingerprint density at radius 2 is 2.10 bits per heavy atom. The maximum absolute atomic E-state index is 12.4. The second-order valence-electron chi connectivity index (χ2n) is 4.44. The predicted octanol–water partition coefficient (Wildman–Crippen LogP) is 1.96. The van der Waals surface area contributed by atoms with Crippen LogP contribution in [0.3, 0.4) is 0 Å². The number of nitrogens with zero attached hydrogens (tertiary/aromatic N) is 2. The van der Waals surface area contributed by atoms with Gasteiger partial charge in [0.15, 0.2) is 0 Å². The third-order valence-electron chi connectivity index (χ3n) is 3.09. The minimum absolute atomic E-state index is 0.100. The smallest absolute Gasteiger partial charge is 0.278 e. The normalized spacial score (nSPS) is 10.7. The van der Waals surface area contributed by atoms with Crippen LogP contribution in [0.25, 0.3) is 11.1 Å². The highest BCUT2D eigenvalue weighted by Crippen LogP contribution is 2.26. The van der Waals surface area contributed by atoms with Crippen LogP contribution in [0.5, 0.6) is 5.75 Å². The molecule has 5 nitrogen and oxygen atoms in total. The molecule has 1 N–H and O–H groups in total. The molecule has 0 atom stereocenters. The van der Waals surface area contributed by atoms with E-state index in [0.717, 1.165) is 11.1 Å². The summed E-state index contributed by atoms with van der Waals surface area (Å²) in [7, 11) is 0. The predicted molar refractivity (Wildman–Crippen MR) is 76.8 cm³/mol. The number of aromatic hydroxyl groups is 1. The topological polar surface area (TPSA) is 64.3 Å². The molecule has 0 fully saturated rings. The van der Waals surface area contributed by atoms with Crippen LogP contribution >= 0.6 is 0 Å². The van der Waals surface area contributed by atoms with Gasteiger partial charge in [-0.1, -0.05) is 24.3 Å². The molecule has 1 aromatic carbocycles. The number of rotatable bonds is 5. The molecule has 2 aromatic rings. The number of aryl methyl sites for hydroxylation is 1. The van der Waals surface area contributed by atoms with E-state index in [9.17, 15) is 9.90 Å². The molecule has 1 heterocycles. The quantitative estimate of drug-likeness (QED) is 0.846. The first-order valence-corrected chi connectivity index (χ1v) is 6.58. The number of ether oxygens (including phenoxy) is 1. The maximum Gasteiger partial charge on any atom is 0.278 e. The van der Waals surface area contributed by atoms with Gasteiger partial charge in [-0.2, -0.15) is 5.10 Å². The molecule has 0 unspecified atom stereocenters. The van der Waals surface area contributed by atoms with Crippen molar-refractivity contribution >= 4 is 0 Å². The first-order valence-electron chi connectivity index (χ1n) is 6.58. The number of hydrogen-bond donors (Lipinski definition) is 1. The lowest BCUT2D eigenvalue weighted by atomic mass is 10.0. The van der Waals surface area contributed by atoms with Crippen molar-refractivity contribution in [3.8, 4) is 16.9 Å². The van der Waals surface area contributed by atoms with E-state index in [4.69, 9.17) is 4.74 Å². The average Bonchev–Trinajstić information content (AvgIpc) is 2.44. The van der Waals surface area contributed by atoms with Gasteiger partial charge in [0.25, 0.3) is 5.56 Å². The molecule has 0 spiro atoms. The van der Waals surface area contributed by atoms with Gasteiger partial charge in [-0.25, -0.2) is 4.68 Å². The molecule has 106 valence electrons. The Morgan fingerprint density at radius 3 is 2.80 bits per heavy atom. The third kappa shape index (κ3) is 2.88. The minimum Gasteiger partial charge on any atom is -0.505 e. The van der Waals surface area contributed by atoms with Crippen molar-refractivity contribution in [2.24, 2.45) is 0 Å². The fraction of sp³-hybridized carbons (Fsp3) is 0.333. The van der Waals surface area contributed by atoms with Gasteiger partial charge >= 0.3 is 0 Å². The monoisotopic (exact) mass is 274 g/mol. The Morgan fingerprint density at radius 1 is 1.35 bits per heavy atom. The van der Waals surface area contributed by atoms with E-state index < -0.39 is 0 Å². The van der Waals surface area contributed by atoms with E-state index >= 15 is 0 Å². The SMILES string of the molecule is CCOCCn1ncc(O)c(-c2ccccc2C)c1=O. The lowest BCUT2D eigenvalue weighted by Gasteiger charge is -2.10. The van der Waals surface area contributed by atoms with Crippen molar-refractivity contribution in [1.29, 1.82) is 0 Å². The Bertz CT molecular complexity index is 650. The number of aromatic nitrogens is 2. The summed E-state index contributed by atoms with van der Waals surface area (Å²) >= 11 is 0. The molecule has 2 rings (SSSR count). The summed E-state index contributed by atoms with van der Waals surface area (Å²) in [6.45, 7) is 5.18. The molecule has 20 heavy (non-hydrogen) atoms. The van der Waals surface area contributed by atoms with Crippen molar-refractivity contribution in [2.45, 2.75) is 20.4 Å². The summed E-state index contributed by atoms with van der Waals surface area (Å²) in [5, 5.41) is 13.9. The Kier molecular flexibility index (Phi) is 4.53. The zero-order valence-electron chi connectivity index (χ0n) is 11.7. The molecule has 0 saturated carbocycles. The fourth-order valence-corrected chi connectivity index (χ4v) is 2.04. The summed E-state index contributed by atoms with van der Waals surface area (Å²) in [4.78, 5) is 12.4. The van der Waals surface area contributed by atoms with Crippen molar-refractivity contribution < 1.29 is 9.84 Å². The minimum atomic E-state index is -0.306. The molecular weight excluding hydrogens is 256 g/mol. The van der Waals surface area contributed by atoms with Crippen LogP contribution in [0, 0.1) is 6.92 Å². The van der Waals surface area contributed by atoms with E-state index in [1.165, 1.54) is 10.9 Å². The molecule has 5 heteroatoms. The molecular formula is C15H18N2O3. The van der Waals surface area contributed by atoms with Gasteiger partial charge in [0, 0.05) is 6.61 Å². The van der Waals surface area contributed by atoms with Crippen LogP contribution in [0.2, 0.25) is 0 Å². The lowest BCUT2D eigenvalue weighted by Crippen LogP contribution is -2.26. The van der Waals surface area contributed by atoms with E-state index in [1.54, 1.807) is 0 Å². The van der Waals surface area contributed by atoms with Crippen LogP contribution in [0.4, 0.5) is 0 Å². The zero-order valence-corrected chi connectivity index (χ0v) is 11.7. The van der Waals surface area contributed by atoms with Gasteiger partial charge in [0.05, 0.1) is 24.9 Å². The highest BCUT2D eigenvalue weighted by molar-refractivity contribution is 5.71. The van der Waals surface area contributed by atoms with Crippen LogP contribution in [-0.2, 0) is 11.3 Å². The van der Waals surface area contributed by atoms with E-state index in [-0.39, 0.29) is 16.9 Å². The Labute approximate surface area is 117 Å². The molecule has 0 saturated heterocycles. The summed E-state index contributed by atoms with van der Waals surface area (Å²) in [6.07, 6.45) is 1.30. The molecule has 0 aliphatic heterocycles. The van der Waals surface area contributed by atoms with Crippen LogP contribution < -0.4 is 5.56 Å². The highest BCUT2D eigenvalue weighted by Gasteiger charge is 2.14. The summed E-state index contributed by atoms with van der Waals surface area (Å²) < 4.78 is 6.55. The van der Waals surface area contributed by atoms with Crippen LogP contribution in [0.1, 0.15) is 12.5 Å². The molecule has 0 aliphatic rings. The lowest BCUT2D eigenvalue weighted by molar-refractivity contribution is 0.135. The molecule has 0 aliphatic carbocycles. The van der Waals surface area contributed by atoms with Crippen molar-refractivity contribution in [1.82, 2.24) is 9.78 Å². The largest absolute Gasteiger partial charge is 0.505 e. The second-order valence-corrected chi connectivity index (χ2v) is 4.44. The molecule has 1 aromatic heterocycles. The highest BCUT2D eigenvalue weighted by atomic mass is 16.5.